The summed E-state index contributed by atoms with van der Waals surface area (Å²) in [6, 6.07) is 0. The molecule has 0 radical (unpaired) electrons. The normalized spacial score (nSPS) is 26.5. The van der Waals surface area contributed by atoms with Crippen molar-refractivity contribution in [1.29, 1.82) is 0 Å². The second-order valence-corrected chi connectivity index (χ2v) is 8.29. The molecule has 3 atom stereocenters. The van der Waals surface area contributed by atoms with Crippen LogP contribution in [-0.4, -0.2) is 44.2 Å². The quantitative estimate of drug-likeness (QED) is 0.643. The zero-order valence-electron chi connectivity index (χ0n) is 13.0. The van der Waals surface area contributed by atoms with Crippen LogP contribution in [0.3, 0.4) is 0 Å². The highest BCUT2D eigenvalue weighted by Crippen LogP contribution is 2.29. The molecular weight excluding hydrogens is 276 g/mol. The van der Waals surface area contributed by atoms with Crippen molar-refractivity contribution in [3.8, 4) is 0 Å². The first-order valence-corrected chi connectivity index (χ1v) is 8.22. The van der Waals surface area contributed by atoms with Crippen LogP contribution in [0.15, 0.2) is 4.40 Å². The monoisotopic (exact) mass is 302 g/mol. The molecule has 1 N–H and O–H groups in total. The summed E-state index contributed by atoms with van der Waals surface area (Å²) in [4.78, 5) is 12.5. The SMILES string of the molecule is CC[C@H]1CN(C(=O)O)CC[C@H]1/C(C)=N/[S+]([O-])C(C)(C)C. The van der Waals surface area contributed by atoms with Gasteiger partial charge in [0, 0.05) is 19.0 Å². The summed E-state index contributed by atoms with van der Waals surface area (Å²) in [5.74, 6) is 0.502. The van der Waals surface area contributed by atoms with E-state index in [-0.39, 0.29) is 16.6 Å². The highest BCUT2D eigenvalue weighted by Gasteiger charge is 2.34. The average Bonchev–Trinajstić information content (AvgIpc) is 2.36. The van der Waals surface area contributed by atoms with Gasteiger partial charge in [-0.2, -0.15) is 0 Å². The van der Waals surface area contributed by atoms with E-state index in [0.29, 0.717) is 13.1 Å². The predicted octanol–water partition coefficient (Wildman–Crippen LogP) is 2.94. The molecule has 6 heteroatoms. The summed E-state index contributed by atoms with van der Waals surface area (Å²) in [5.41, 5.74) is 0.898. The van der Waals surface area contributed by atoms with E-state index < -0.39 is 17.5 Å². The summed E-state index contributed by atoms with van der Waals surface area (Å²) < 4.78 is 16.1. The molecule has 1 aliphatic heterocycles. The first-order chi connectivity index (χ1) is 9.16. The van der Waals surface area contributed by atoms with Gasteiger partial charge in [-0.1, -0.05) is 17.7 Å². The number of carboxylic acid groups (broad SMARTS) is 1. The van der Waals surface area contributed by atoms with Crippen molar-refractivity contribution in [2.24, 2.45) is 16.2 Å². The number of hydrogen-bond acceptors (Lipinski definition) is 3. The third-order valence-corrected chi connectivity index (χ3v) is 5.32. The van der Waals surface area contributed by atoms with E-state index in [9.17, 15) is 9.35 Å². The van der Waals surface area contributed by atoms with E-state index in [1.54, 1.807) is 0 Å². The third kappa shape index (κ3) is 4.38. The van der Waals surface area contributed by atoms with Crippen LogP contribution in [0.4, 0.5) is 4.79 Å². The Kier molecular flexibility index (Phi) is 5.89. The second-order valence-electron chi connectivity index (χ2n) is 6.39. The molecule has 5 nitrogen and oxygen atoms in total. The first kappa shape index (κ1) is 17.3. The smallest absolute Gasteiger partial charge is 0.407 e. The minimum absolute atomic E-state index is 0.238. The van der Waals surface area contributed by atoms with E-state index in [1.807, 2.05) is 27.7 Å². The van der Waals surface area contributed by atoms with Crippen molar-refractivity contribution in [3.63, 3.8) is 0 Å². The van der Waals surface area contributed by atoms with Crippen LogP contribution in [-0.2, 0) is 11.4 Å². The molecule has 1 rings (SSSR count). The largest absolute Gasteiger partial charge is 0.591 e. The number of likely N-dealkylation sites (tertiary alicyclic amines) is 1. The van der Waals surface area contributed by atoms with Gasteiger partial charge in [0.25, 0.3) is 0 Å². The van der Waals surface area contributed by atoms with Crippen molar-refractivity contribution in [2.75, 3.05) is 13.1 Å². The van der Waals surface area contributed by atoms with Gasteiger partial charge in [0.15, 0.2) is 0 Å². The van der Waals surface area contributed by atoms with Gasteiger partial charge in [-0.25, -0.2) is 4.79 Å². The summed E-state index contributed by atoms with van der Waals surface area (Å²) in [6.45, 7) is 10.8. The standard InChI is InChI=1S/C14H26N2O3S/c1-6-11-9-16(13(17)18)8-7-12(11)10(2)15-20(19)14(3,4)5/h11-12H,6-9H2,1-5H3,(H,17,18)/b15-10+/t11-,12-,20?/m0/s1. The summed E-state index contributed by atoms with van der Waals surface area (Å²) in [5, 5.41) is 9.08. The highest BCUT2D eigenvalue weighted by molar-refractivity contribution is 7.91. The Morgan fingerprint density at radius 2 is 2.10 bits per heavy atom. The van der Waals surface area contributed by atoms with Gasteiger partial charge in [0.2, 0.25) is 0 Å². The molecule has 0 spiro atoms. The van der Waals surface area contributed by atoms with Crippen molar-refractivity contribution >= 4 is 23.2 Å². The molecule has 0 aliphatic carbocycles. The molecule has 0 saturated carbocycles. The number of carbonyl (C=O) groups is 1. The lowest BCUT2D eigenvalue weighted by Gasteiger charge is -2.36. The molecule has 1 fully saturated rings. The summed E-state index contributed by atoms with van der Waals surface area (Å²) >= 11 is -1.25. The Bertz CT molecular complexity index is 379. The van der Waals surface area contributed by atoms with Gasteiger partial charge in [0.1, 0.15) is 16.1 Å². The van der Waals surface area contributed by atoms with Gasteiger partial charge >= 0.3 is 6.09 Å². The van der Waals surface area contributed by atoms with E-state index in [0.717, 1.165) is 18.6 Å². The Morgan fingerprint density at radius 3 is 2.55 bits per heavy atom. The average molecular weight is 302 g/mol. The zero-order chi connectivity index (χ0) is 15.5. The van der Waals surface area contributed by atoms with Crippen LogP contribution in [0.2, 0.25) is 0 Å². The fourth-order valence-corrected chi connectivity index (χ4v) is 3.18. The predicted molar refractivity (Wildman–Crippen MR) is 82.5 cm³/mol. The summed E-state index contributed by atoms with van der Waals surface area (Å²) in [6.07, 6.45) is 0.819. The number of amides is 1. The maximum atomic E-state index is 12.1. The fraction of sp³-hybridized carbons (Fsp3) is 0.857. The molecular formula is C14H26N2O3S. The van der Waals surface area contributed by atoms with Crippen LogP contribution >= 0.6 is 0 Å². The number of rotatable bonds is 3. The van der Waals surface area contributed by atoms with Crippen molar-refractivity contribution < 1.29 is 14.5 Å². The van der Waals surface area contributed by atoms with Crippen molar-refractivity contribution in [2.45, 2.75) is 52.2 Å². The number of hydrogen-bond donors (Lipinski definition) is 1. The molecule has 116 valence electrons. The fourth-order valence-electron chi connectivity index (χ4n) is 2.50. The first-order valence-electron chi connectivity index (χ1n) is 7.11. The van der Waals surface area contributed by atoms with Gasteiger partial charge in [-0.3, -0.25) is 0 Å². The van der Waals surface area contributed by atoms with Crippen molar-refractivity contribution in [3.05, 3.63) is 0 Å². The minimum atomic E-state index is -1.25. The van der Waals surface area contributed by atoms with Crippen LogP contribution in [0.5, 0.6) is 0 Å². The van der Waals surface area contributed by atoms with Crippen LogP contribution < -0.4 is 0 Å². The summed E-state index contributed by atoms with van der Waals surface area (Å²) in [7, 11) is 0. The molecule has 0 bridgehead atoms. The highest BCUT2D eigenvalue weighted by atomic mass is 32.2. The maximum Gasteiger partial charge on any atom is 0.407 e. The Morgan fingerprint density at radius 1 is 1.50 bits per heavy atom. The van der Waals surface area contributed by atoms with E-state index in [4.69, 9.17) is 5.11 Å². The molecule has 1 heterocycles. The van der Waals surface area contributed by atoms with Crippen molar-refractivity contribution in [1.82, 2.24) is 4.90 Å². The molecule has 0 aromatic rings. The lowest BCUT2D eigenvalue weighted by molar-refractivity contribution is 0.109. The van der Waals surface area contributed by atoms with E-state index >= 15 is 0 Å². The Labute approximate surface area is 124 Å². The molecule has 1 aliphatic rings. The Hall–Kier alpha value is -0.750. The lowest BCUT2D eigenvalue weighted by atomic mass is 9.81. The van der Waals surface area contributed by atoms with Gasteiger partial charge in [-0.15, -0.1) is 0 Å². The second kappa shape index (κ2) is 6.80. The molecule has 1 amide bonds. The molecule has 20 heavy (non-hydrogen) atoms. The number of nitrogens with zero attached hydrogens (tertiary/aromatic N) is 2. The van der Waals surface area contributed by atoms with E-state index in [1.165, 1.54) is 4.90 Å². The minimum Gasteiger partial charge on any atom is -0.591 e. The molecule has 0 aromatic heterocycles. The van der Waals surface area contributed by atoms with Gasteiger partial charge in [0.05, 0.1) is 5.71 Å². The van der Waals surface area contributed by atoms with Gasteiger partial charge in [-0.05, 0) is 40.0 Å². The zero-order valence-corrected chi connectivity index (χ0v) is 13.9. The van der Waals surface area contributed by atoms with Gasteiger partial charge < -0.3 is 14.6 Å². The maximum absolute atomic E-state index is 12.1. The molecule has 1 saturated heterocycles. The van der Waals surface area contributed by atoms with Crippen LogP contribution in [0.25, 0.3) is 0 Å². The van der Waals surface area contributed by atoms with E-state index in [2.05, 4.69) is 11.3 Å². The Balaban J connectivity index is 2.80. The van der Waals surface area contributed by atoms with Crippen LogP contribution in [0, 0.1) is 11.8 Å². The third-order valence-electron chi connectivity index (χ3n) is 3.82. The molecule has 0 aromatic carbocycles. The molecule has 1 unspecified atom stereocenters. The lowest BCUT2D eigenvalue weighted by Crippen LogP contribution is -2.45. The van der Waals surface area contributed by atoms with Crippen LogP contribution in [0.1, 0.15) is 47.5 Å². The number of piperidine rings is 1. The topological polar surface area (TPSA) is 76.0 Å².